The van der Waals surface area contributed by atoms with Crippen LogP contribution in [0.3, 0.4) is 0 Å². The molecule has 0 saturated carbocycles. The van der Waals surface area contributed by atoms with Gasteiger partial charge in [-0.1, -0.05) is 44.2 Å². The lowest BCUT2D eigenvalue weighted by molar-refractivity contribution is 0.131. The first-order valence-electron chi connectivity index (χ1n) is 7.02. The average molecular weight is 310 g/mol. The fraction of sp³-hybridized carbons (Fsp3) is 0.412. The highest BCUT2D eigenvalue weighted by Crippen LogP contribution is 2.40. The Labute approximate surface area is 132 Å². The summed E-state index contributed by atoms with van der Waals surface area (Å²) in [5, 5.41) is 11.8. The summed E-state index contributed by atoms with van der Waals surface area (Å²) in [5.41, 5.74) is 7.01. The monoisotopic (exact) mass is 309 g/mol. The van der Waals surface area contributed by atoms with E-state index in [-0.39, 0.29) is 25.1 Å². The third kappa shape index (κ3) is 3.49. The van der Waals surface area contributed by atoms with Crippen molar-refractivity contribution in [2.45, 2.75) is 26.8 Å². The molecule has 3 N–H and O–H groups in total. The number of hydrogen-bond acceptors (Lipinski definition) is 3. The highest BCUT2D eigenvalue weighted by molar-refractivity contribution is 5.88. The standard InChI is InChI=1S/C17H23NO2.ClH/c1-4-20-14-10-9-12-7-5-6-8-13(12)15(14)16(18)17(2,3)11-19;/h5-10,16,19H,4,11,18H2,1-3H3;1H/t16-;/m0./s1. The van der Waals surface area contributed by atoms with Gasteiger partial charge in [0, 0.05) is 23.6 Å². The summed E-state index contributed by atoms with van der Waals surface area (Å²) in [5.74, 6) is 0.806. The second kappa shape index (κ2) is 7.12. The van der Waals surface area contributed by atoms with E-state index in [0.29, 0.717) is 6.61 Å². The Morgan fingerprint density at radius 3 is 2.48 bits per heavy atom. The smallest absolute Gasteiger partial charge is 0.124 e. The molecule has 0 saturated heterocycles. The molecule has 0 radical (unpaired) electrons. The molecule has 0 aliphatic carbocycles. The molecule has 2 aromatic carbocycles. The van der Waals surface area contributed by atoms with Crippen molar-refractivity contribution < 1.29 is 9.84 Å². The maximum atomic E-state index is 9.60. The summed E-state index contributed by atoms with van der Waals surface area (Å²) in [6.45, 7) is 6.52. The molecule has 21 heavy (non-hydrogen) atoms. The van der Waals surface area contributed by atoms with Crippen LogP contribution in [-0.4, -0.2) is 18.3 Å². The predicted octanol–water partition coefficient (Wildman–Crippen LogP) is 3.68. The van der Waals surface area contributed by atoms with E-state index in [1.165, 1.54) is 0 Å². The summed E-state index contributed by atoms with van der Waals surface area (Å²) >= 11 is 0. The lowest BCUT2D eigenvalue weighted by Crippen LogP contribution is -2.33. The van der Waals surface area contributed by atoms with Gasteiger partial charge in [-0.15, -0.1) is 12.4 Å². The molecule has 1 atom stereocenters. The van der Waals surface area contributed by atoms with Crippen LogP contribution in [0.1, 0.15) is 32.4 Å². The van der Waals surface area contributed by atoms with Gasteiger partial charge in [-0.05, 0) is 23.8 Å². The normalized spacial score (nSPS) is 12.8. The van der Waals surface area contributed by atoms with Gasteiger partial charge in [0.05, 0.1) is 6.61 Å². The number of fused-ring (bicyclic) bond motifs is 1. The lowest BCUT2D eigenvalue weighted by Gasteiger charge is -2.31. The number of ether oxygens (including phenoxy) is 1. The predicted molar refractivity (Wildman–Crippen MR) is 90.2 cm³/mol. The molecule has 0 bridgehead atoms. The Bertz CT molecular complexity index is 598. The first-order valence-corrected chi connectivity index (χ1v) is 7.02. The van der Waals surface area contributed by atoms with E-state index in [9.17, 15) is 5.11 Å². The molecule has 0 spiro atoms. The van der Waals surface area contributed by atoms with Gasteiger partial charge >= 0.3 is 0 Å². The Hall–Kier alpha value is -1.29. The lowest BCUT2D eigenvalue weighted by atomic mass is 9.80. The highest BCUT2D eigenvalue weighted by Gasteiger charge is 2.30. The van der Waals surface area contributed by atoms with Gasteiger partial charge in [-0.25, -0.2) is 0 Å². The topological polar surface area (TPSA) is 55.5 Å². The second-order valence-electron chi connectivity index (χ2n) is 5.76. The molecule has 0 fully saturated rings. The Morgan fingerprint density at radius 1 is 1.19 bits per heavy atom. The van der Waals surface area contributed by atoms with Crippen LogP contribution in [-0.2, 0) is 0 Å². The van der Waals surface area contributed by atoms with Gasteiger partial charge in [0.2, 0.25) is 0 Å². The van der Waals surface area contributed by atoms with Crippen molar-refractivity contribution >= 4 is 23.2 Å². The molecular weight excluding hydrogens is 286 g/mol. The van der Waals surface area contributed by atoms with Gasteiger partial charge in [0.15, 0.2) is 0 Å². The first kappa shape index (κ1) is 17.8. The molecule has 0 unspecified atom stereocenters. The number of aliphatic hydroxyl groups excluding tert-OH is 1. The molecule has 0 amide bonds. The summed E-state index contributed by atoms with van der Waals surface area (Å²) in [6.07, 6.45) is 0. The van der Waals surface area contributed by atoms with Crippen molar-refractivity contribution in [1.82, 2.24) is 0 Å². The summed E-state index contributed by atoms with van der Waals surface area (Å²) in [6, 6.07) is 11.8. The number of halogens is 1. The minimum absolute atomic E-state index is 0. The van der Waals surface area contributed by atoms with Crippen LogP contribution in [0.2, 0.25) is 0 Å². The molecule has 116 valence electrons. The van der Waals surface area contributed by atoms with Crippen LogP contribution in [0, 0.1) is 5.41 Å². The molecule has 0 aliphatic rings. The zero-order valence-electron chi connectivity index (χ0n) is 12.8. The molecule has 0 aliphatic heterocycles. The average Bonchev–Trinajstić information content (AvgIpc) is 2.46. The van der Waals surface area contributed by atoms with Crippen LogP contribution < -0.4 is 10.5 Å². The van der Waals surface area contributed by atoms with Gasteiger partial charge in [-0.2, -0.15) is 0 Å². The second-order valence-corrected chi connectivity index (χ2v) is 5.76. The van der Waals surface area contributed by atoms with E-state index < -0.39 is 5.41 Å². The van der Waals surface area contributed by atoms with Crippen molar-refractivity contribution in [3.05, 3.63) is 42.0 Å². The number of benzene rings is 2. The summed E-state index contributed by atoms with van der Waals surface area (Å²) < 4.78 is 5.74. The molecule has 2 aromatic rings. The maximum absolute atomic E-state index is 9.60. The van der Waals surface area contributed by atoms with Crippen molar-refractivity contribution in [3.63, 3.8) is 0 Å². The Balaban J connectivity index is 0.00000220. The summed E-state index contributed by atoms with van der Waals surface area (Å²) in [4.78, 5) is 0. The van der Waals surface area contributed by atoms with E-state index in [0.717, 1.165) is 22.1 Å². The molecule has 2 rings (SSSR count). The third-order valence-corrected chi connectivity index (χ3v) is 3.79. The number of rotatable bonds is 5. The van der Waals surface area contributed by atoms with Crippen LogP contribution in [0.25, 0.3) is 10.8 Å². The minimum atomic E-state index is -0.407. The zero-order valence-corrected chi connectivity index (χ0v) is 13.6. The summed E-state index contributed by atoms with van der Waals surface area (Å²) in [7, 11) is 0. The maximum Gasteiger partial charge on any atom is 0.124 e. The van der Waals surface area contributed by atoms with Crippen LogP contribution in [0.5, 0.6) is 5.75 Å². The largest absolute Gasteiger partial charge is 0.494 e. The van der Waals surface area contributed by atoms with Crippen LogP contribution in [0.4, 0.5) is 0 Å². The molecule has 0 heterocycles. The van der Waals surface area contributed by atoms with E-state index in [4.69, 9.17) is 10.5 Å². The van der Waals surface area contributed by atoms with Crippen LogP contribution >= 0.6 is 12.4 Å². The fourth-order valence-corrected chi connectivity index (χ4v) is 2.37. The Morgan fingerprint density at radius 2 is 1.86 bits per heavy atom. The van der Waals surface area contributed by atoms with E-state index in [1.807, 2.05) is 45.0 Å². The zero-order chi connectivity index (χ0) is 14.8. The van der Waals surface area contributed by atoms with E-state index in [2.05, 4.69) is 12.1 Å². The van der Waals surface area contributed by atoms with Crippen molar-refractivity contribution in [2.24, 2.45) is 11.1 Å². The third-order valence-electron chi connectivity index (χ3n) is 3.79. The van der Waals surface area contributed by atoms with Gasteiger partial charge in [0.1, 0.15) is 5.75 Å². The van der Waals surface area contributed by atoms with Crippen LogP contribution in [0.15, 0.2) is 36.4 Å². The SMILES string of the molecule is CCOc1ccc2ccccc2c1[C@H](N)C(C)(C)CO.Cl. The molecule has 0 aromatic heterocycles. The highest BCUT2D eigenvalue weighted by atomic mass is 35.5. The first-order chi connectivity index (χ1) is 9.51. The Kier molecular flexibility index (Phi) is 6.02. The van der Waals surface area contributed by atoms with Crippen molar-refractivity contribution in [1.29, 1.82) is 0 Å². The number of aliphatic hydroxyl groups is 1. The number of nitrogens with two attached hydrogens (primary N) is 1. The minimum Gasteiger partial charge on any atom is -0.494 e. The molecule has 4 heteroatoms. The molecule has 3 nitrogen and oxygen atoms in total. The van der Waals surface area contributed by atoms with E-state index >= 15 is 0 Å². The van der Waals surface area contributed by atoms with Crippen molar-refractivity contribution in [3.8, 4) is 5.75 Å². The van der Waals surface area contributed by atoms with Crippen molar-refractivity contribution in [2.75, 3.05) is 13.2 Å². The number of hydrogen-bond donors (Lipinski definition) is 2. The van der Waals surface area contributed by atoms with Gasteiger partial charge in [-0.3, -0.25) is 0 Å². The van der Waals surface area contributed by atoms with E-state index in [1.54, 1.807) is 0 Å². The quantitative estimate of drug-likeness (QED) is 0.886. The fourth-order valence-electron chi connectivity index (χ4n) is 2.37. The molecular formula is C17H24ClNO2. The van der Waals surface area contributed by atoms with Gasteiger partial charge < -0.3 is 15.6 Å². The van der Waals surface area contributed by atoms with Gasteiger partial charge in [0.25, 0.3) is 0 Å².